The number of fused-ring (bicyclic) bond motifs is 3. The monoisotopic (exact) mass is 440 g/mol. The number of aryl methyl sites for hydroxylation is 2. The van der Waals surface area contributed by atoms with Crippen molar-refractivity contribution in [2.75, 3.05) is 19.6 Å². The molecule has 1 atom stereocenters. The van der Waals surface area contributed by atoms with Gasteiger partial charge in [-0.2, -0.15) is 5.10 Å². The zero-order valence-corrected chi connectivity index (χ0v) is 19.1. The molecule has 0 bridgehead atoms. The highest BCUT2D eigenvalue weighted by Crippen LogP contribution is 2.44. The standard InChI is InChI=1S/C26H28N6O/c1-3-27-25(33)31-10-8-26(16-31)9-11-32-23(26)13-22(30-32)18-12-20-21(15-29-24(20)28-14-18)19-7-5-4-6-17(19)2/h4-7,12-15H,3,8-11,16H2,1-2H3,(H,27,33)(H,28,29). The molecule has 168 valence electrons. The molecule has 5 heterocycles. The van der Waals surface area contributed by atoms with Gasteiger partial charge in [0.25, 0.3) is 0 Å². The summed E-state index contributed by atoms with van der Waals surface area (Å²) in [6.45, 7) is 7.20. The number of likely N-dealkylation sites (tertiary alicyclic amines) is 1. The van der Waals surface area contributed by atoms with Crippen LogP contribution in [0.15, 0.2) is 48.8 Å². The number of aromatic nitrogens is 4. The minimum Gasteiger partial charge on any atom is -0.346 e. The quantitative estimate of drug-likeness (QED) is 0.493. The summed E-state index contributed by atoms with van der Waals surface area (Å²) in [6.07, 6.45) is 5.97. The highest BCUT2D eigenvalue weighted by atomic mass is 16.2. The molecule has 2 aliphatic rings. The van der Waals surface area contributed by atoms with Gasteiger partial charge < -0.3 is 15.2 Å². The number of carbonyl (C=O) groups excluding carboxylic acids is 1. The fraction of sp³-hybridized carbons (Fsp3) is 0.346. The van der Waals surface area contributed by atoms with Crippen molar-refractivity contribution in [1.29, 1.82) is 0 Å². The lowest BCUT2D eigenvalue weighted by Gasteiger charge is -2.23. The van der Waals surface area contributed by atoms with Gasteiger partial charge in [-0.15, -0.1) is 0 Å². The molecule has 0 radical (unpaired) electrons. The summed E-state index contributed by atoms with van der Waals surface area (Å²) >= 11 is 0. The van der Waals surface area contributed by atoms with Crippen molar-refractivity contribution < 1.29 is 4.79 Å². The van der Waals surface area contributed by atoms with E-state index >= 15 is 0 Å². The van der Waals surface area contributed by atoms with Crippen molar-refractivity contribution in [3.63, 3.8) is 0 Å². The van der Waals surface area contributed by atoms with Crippen LogP contribution in [0.25, 0.3) is 33.4 Å². The van der Waals surface area contributed by atoms with Crippen molar-refractivity contribution in [1.82, 2.24) is 30.0 Å². The van der Waals surface area contributed by atoms with Gasteiger partial charge in [-0.1, -0.05) is 24.3 Å². The number of carbonyl (C=O) groups is 1. The summed E-state index contributed by atoms with van der Waals surface area (Å²) < 4.78 is 2.14. The zero-order valence-electron chi connectivity index (χ0n) is 19.1. The Bertz CT molecular complexity index is 1370. The molecule has 0 saturated carbocycles. The van der Waals surface area contributed by atoms with E-state index < -0.39 is 0 Å². The number of aromatic amines is 1. The molecule has 1 unspecified atom stereocenters. The molecule has 0 aliphatic carbocycles. The maximum Gasteiger partial charge on any atom is 0.317 e. The topological polar surface area (TPSA) is 78.8 Å². The number of nitrogens with zero attached hydrogens (tertiary/aromatic N) is 4. The second-order valence-corrected chi connectivity index (χ2v) is 9.31. The van der Waals surface area contributed by atoms with Crippen LogP contribution in [0.5, 0.6) is 0 Å². The van der Waals surface area contributed by atoms with E-state index in [0.29, 0.717) is 6.54 Å². The lowest BCUT2D eigenvalue weighted by Crippen LogP contribution is -2.40. The second kappa shape index (κ2) is 7.47. The average Bonchev–Trinajstić information content (AvgIpc) is 3.59. The molecule has 1 saturated heterocycles. The number of H-pyrrole nitrogens is 1. The molecule has 7 nitrogen and oxygen atoms in total. The molecule has 6 rings (SSSR count). The van der Waals surface area contributed by atoms with Gasteiger partial charge in [0.05, 0.1) is 5.69 Å². The zero-order chi connectivity index (χ0) is 22.6. The van der Waals surface area contributed by atoms with Gasteiger partial charge in [-0.25, -0.2) is 9.78 Å². The van der Waals surface area contributed by atoms with E-state index in [2.05, 4.69) is 58.3 Å². The summed E-state index contributed by atoms with van der Waals surface area (Å²) in [7, 11) is 0. The highest BCUT2D eigenvalue weighted by Gasteiger charge is 2.46. The van der Waals surface area contributed by atoms with Crippen LogP contribution < -0.4 is 5.32 Å². The van der Waals surface area contributed by atoms with Crippen molar-refractivity contribution in [3.05, 3.63) is 60.0 Å². The van der Waals surface area contributed by atoms with E-state index in [-0.39, 0.29) is 11.4 Å². The Morgan fingerprint density at radius 2 is 2.03 bits per heavy atom. The van der Waals surface area contributed by atoms with Crippen LogP contribution in [-0.4, -0.2) is 50.3 Å². The van der Waals surface area contributed by atoms with Gasteiger partial charge >= 0.3 is 6.03 Å². The predicted octanol–water partition coefficient (Wildman–Crippen LogP) is 4.48. The number of pyridine rings is 1. The van der Waals surface area contributed by atoms with E-state index in [0.717, 1.165) is 60.3 Å². The van der Waals surface area contributed by atoms with Crippen LogP contribution in [0.3, 0.4) is 0 Å². The first-order valence-corrected chi connectivity index (χ1v) is 11.7. The SMILES string of the molecule is CCNC(=O)N1CCC2(CCn3nc(-c4cnc5[nH]cc(-c6ccccc6C)c5c4)cc32)C1. The van der Waals surface area contributed by atoms with Gasteiger partial charge in [0, 0.05) is 66.2 Å². The van der Waals surface area contributed by atoms with Crippen molar-refractivity contribution in [2.45, 2.75) is 38.6 Å². The number of benzene rings is 1. The Kier molecular flexibility index (Phi) is 4.54. The maximum absolute atomic E-state index is 12.4. The lowest BCUT2D eigenvalue weighted by molar-refractivity contribution is 0.206. The Labute approximate surface area is 192 Å². The fourth-order valence-electron chi connectivity index (χ4n) is 5.57. The van der Waals surface area contributed by atoms with E-state index in [9.17, 15) is 4.79 Å². The Hall–Kier alpha value is -3.61. The van der Waals surface area contributed by atoms with E-state index in [4.69, 9.17) is 10.1 Å². The third-order valence-electron chi connectivity index (χ3n) is 7.36. The molecule has 4 aromatic rings. The molecule has 1 aromatic carbocycles. The Morgan fingerprint density at radius 3 is 2.88 bits per heavy atom. The molecule has 2 amide bonds. The predicted molar refractivity (Wildman–Crippen MR) is 129 cm³/mol. The van der Waals surface area contributed by atoms with Crippen molar-refractivity contribution >= 4 is 17.1 Å². The van der Waals surface area contributed by atoms with Crippen LogP contribution in [0.1, 0.15) is 31.0 Å². The summed E-state index contributed by atoms with van der Waals surface area (Å²) in [5.74, 6) is 0. The Morgan fingerprint density at radius 1 is 1.18 bits per heavy atom. The number of hydrogen-bond acceptors (Lipinski definition) is 3. The van der Waals surface area contributed by atoms with Crippen LogP contribution in [-0.2, 0) is 12.0 Å². The normalized spacial score (nSPS) is 19.5. The molecule has 1 spiro atoms. The first-order chi connectivity index (χ1) is 16.1. The second-order valence-electron chi connectivity index (χ2n) is 9.31. The summed E-state index contributed by atoms with van der Waals surface area (Å²) in [5, 5.41) is 8.99. The molecular weight excluding hydrogens is 412 g/mol. The average molecular weight is 441 g/mol. The van der Waals surface area contributed by atoms with Crippen LogP contribution >= 0.6 is 0 Å². The van der Waals surface area contributed by atoms with Gasteiger partial charge in [0.2, 0.25) is 0 Å². The van der Waals surface area contributed by atoms with E-state index in [1.165, 1.54) is 16.8 Å². The molecule has 1 fully saturated rings. The maximum atomic E-state index is 12.4. The molecule has 2 aliphatic heterocycles. The minimum atomic E-state index is 0.00819. The third kappa shape index (κ3) is 3.14. The number of hydrogen-bond donors (Lipinski definition) is 2. The largest absolute Gasteiger partial charge is 0.346 e. The van der Waals surface area contributed by atoms with Crippen LogP contribution in [0, 0.1) is 6.92 Å². The van der Waals surface area contributed by atoms with Gasteiger partial charge in [0.15, 0.2) is 0 Å². The molecular formula is C26H28N6O. The molecule has 7 heteroatoms. The molecule has 3 aromatic heterocycles. The first-order valence-electron chi connectivity index (χ1n) is 11.7. The van der Waals surface area contributed by atoms with Crippen molar-refractivity contribution in [2.24, 2.45) is 0 Å². The smallest absolute Gasteiger partial charge is 0.317 e. The summed E-state index contributed by atoms with van der Waals surface area (Å²) in [4.78, 5) is 22.3. The molecule has 2 N–H and O–H groups in total. The van der Waals surface area contributed by atoms with Crippen LogP contribution in [0.2, 0.25) is 0 Å². The number of nitrogens with one attached hydrogen (secondary N) is 2. The summed E-state index contributed by atoms with van der Waals surface area (Å²) in [6, 6.07) is 12.9. The lowest BCUT2D eigenvalue weighted by atomic mass is 9.82. The number of amides is 2. The van der Waals surface area contributed by atoms with Crippen molar-refractivity contribution in [3.8, 4) is 22.4 Å². The van der Waals surface area contributed by atoms with Gasteiger partial charge in [-0.3, -0.25) is 4.68 Å². The Balaban J connectivity index is 1.35. The van der Waals surface area contributed by atoms with Gasteiger partial charge in [0.1, 0.15) is 5.65 Å². The number of urea groups is 1. The van der Waals surface area contributed by atoms with Gasteiger partial charge in [-0.05, 0) is 49.9 Å². The fourth-order valence-corrected chi connectivity index (χ4v) is 5.57. The summed E-state index contributed by atoms with van der Waals surface area (Å²) in [5.41, 5.74) is 7.73. The highest BCUT2D eigenvalue weighted by molar-refractivity contribution is 5.96. The molecule has 33 heavy (non-hydrogen) atoms. The van der Waals surface area contributed by atoms with Crippen LogP contribution in [0.4, 0.5) is 4.79 Å². The van der Waals surface area contributed by atoms with E-state index in [1.807, 2.05) is 24.2 Å². The van der Waals surface area contributed by atoms with E-state index in [1.54, 1.807) is 0 Å². The first kappa shape index (κ1) is 20.0. The minimum absolute atomic E-state index is 0.00819. The number of rotatable bonds is 3. The third-order valence-corrected chi connectivity index (χ3v) is 7.36.